The molecule has 15 heteroatoms. The number of carbonyl (C=O) groups is 3. The van der Waals surface area contributed by atoms with E-state index >= 15 is 0 Å². The second kappa shape index (κ2) is 15.6. The van der Waals surface area contributed by atoms with Crippen molar-refractivity contribution in [1.29, 1.82) is 0 Å². The summed E-state index contributed by atoms with van der Waals surface area (Å²) < 4.78 is 40.2. The van der Waals surface area contributed by atoms with Crippen molar-refractivity contribution in [3.05, 3.63) is 47.0 Å². The number of fused-ring (bicyclic) bond motifs is 3. The summed E-state index contributed by atoms with van der Waals surface area (Å²) in [6, 6.07) is 5.66. The summed E-state index contributed by atoms with van der Waals surface area (Å²) in [5.41, 5.74) is 1.79. The minimum atomic E-state index is -3.83. The summed E-state index contributed by atoms with van der Waals surface area (Å²) in [4.78, 5) is 53.5. The van der Waals surface area contributed by atoms with Crippen molar-refractivity contribution in [2.24, 2.45) is 17.8 Å². The normalized spacial score (nSPS) is 26.9. The molecule has 4 aliphatic rings. The first-order valence-corrected chi connectivity index (χ1v) is 20.6. The number of rotatable bonds is 8. The first kappa shape index (κ1) is 39.6. The van der Waals surface area contributed by atoms with Crippen molar-refractivity contribution < 1.29 is 32.3 Å². The van der Waals surface area contributed by atoms with Crippen LogP contribution < -0.4 is 19.5 Å². The van der Waals surface area contributed by atoms with E-state index in [9.17, 15) is 22.8 Å². The average Bonchev–Trinajstić information content (AvgIpc) is 3.98. The maximum absolute atomic E-state index is 14.3. The molecule has 3 fully saturated rings. The Morgan fingerprint density at radius 1 is 1.11 bits per heavy atom. The van der Waals surface area contributed by atoms with Crippen LogP contribution in [-0.4, -0.2) is 108 Å². The summed E-state index contributed by atoms with van der Waals surface area (Å²) in [5, 5.41) is 5.95. The van der Waals surface area contributed by atoms with Crippen LogP contribution in [0.15, 0.2) is 35.7 Å². The average molecular weight is 773 g/mol. The molecule has 1 radical (unpaired) electrons. The molecular weight excluding hydrogens is 726 g/mol. The van der Waals surface area contributed by atoms with Crippen molar-refractivity contribution in [1.82, 2.24) is 24.9 Å². The Morgan fingerprint density at radius 2 is 1.87 bits per heavy atom. The molecule has 53 heavy (non-hydrogen) atoms. The van der Waals surface area contributed by atoms with Gasteiger partial charge in [0.15, 0.2) is 0 Å². The Hall–Kier alpha value is -3.04. The molecule has 3 aromatic rings. The van der Waals surface area contributed by atoms with Gasteiger partial charge < -0.3 is 19.7 Å². The van der Waals surface area contributed by atoms with E-state index in [4.69, 9.17) is 19.4 Å². The Balaban J connectivity index is 0.00000481. The molecule has 279 valence electrons. The molecule has 0 spiro atoms. The third kappa shape index (κ3) is 8.03. The van der Waals surface area contributed by atoms with E-state index in [1.807, 2.05) is 42.7 Å². The van der Waals surface area contributed by atoms with E-state index in [1.165, 1.54) is 11.3 Å². The van der Waals surface area contributed by atoms with Crippen molar-refractivity contribution >= 4 is 79.5 Å². The number of methoxy groups -OCH3 is 1. The Morgan fingerprint density at radius 3 is 2.57 bits per heavy atom. The number of ether oxygens (including phenoxy) is 2. The number of sulfonamides is 1. The third-order valence-corrected chi connectivity index (χ3v) is 13.7. The van der Waals surface area contributed by atoms with Crippen molar-refractivity contribution in [3.63, 3.8) is 0 Å². The zero-order valence-electron chi connectivity index (χ0n) is 31.3. The van der Waals surface area contributed by atoms with Gasteiger partial charge in [-0.2, -0.15) is 0 Å². The molecule has 12 nitrogen and oxygen atoms in total. The number of amides is 3. The van der Waals surface area contributed by atoms with E-state index < -0.39 is 50.6 Å². The van der Waals surface area contributed by atoms with Crippen LogP contribution in [-0.2, 0) is 24.4 Å². The van der Waals surface area contributed by atoms with Crippen LogP contribution in [0.25, 0.3) is 21.6 Å². The minimum Gasteiger partial charge on any atom is -0.496 e. The number of nitrogens with one attached hydrogen (secondary N) is 2. The molecule has 2 N–H and O–H groups in total. The van der Waals surface area contributed by atoms with E-state index in [1.54, 1.807) is 19.1 Å². The van der Waals surface area contributed by atoms with Gasteiger partial charge in [-0.05, 0) is 76.3 Å². The van der Waals surface area contributed by atoms with Gasteiger partial charge >= 0.3 is 0 Å². The first-order valence-electron chi connectivity index (χ1n) is 18.2. The molecule has 0 bridgehead atoms. The third-order valence-electron chi connectivity index (χ3n) is 11.0. The van der Waals surface area contributed by atoms with Gasteiger partial charge in [0.05, 0.1) is 35.4 Å². The largest absolute Gasteiger partial charge is 0.496 e. The fourth-order valence-electron chi connectivity index (χ4n) is 7.55. The molecule has 0 saturated heterocycles. The van der Waals surface area contributed by atoms with Crippen molar-refractivity contribution in [2.45, 2.75) is 94.9 Å². The second-order valence-electron chi connectivity index (χ2n) is 15.1. The van der Waals surface area contributed by atoms with Crippen LogP contribution in [0.3, 0.4) is 0 Å². The molecule has 1 unspecified atom stereocenters. The zero-order valence-corrected chi connectivity index (χ0v) is 34.9. The van der Waals surface area contributed by atoms with Gasteiger partial charge in [-0.3, -0.25) is 19.1 Å². The Labute approximate surface area is 337 Å². The first-order chi connectivity index (χ1) is 24.8. The number of allylic oxidation sites excluding steroid dienone is 1. The second-order valence-corrected chi connectivity index (χ2v) is 17.9. The standard InChI is InChI=1S/C38H47N5O7S2.Na/c1-21(2)30-20-51-35(40-30)29-18-32(26-13-14-31(49-5)22(3)33(26)39-29)50-24-16-27-28(17-24)36(45)43(4)15-9-7-6-8-10-23-19-38(23,41-34(27)44)37(46)42-52(47,48)25-11-12-25;/h8,10,13-14,18,20-21,23-25,27-28H,6-7,9,11-12,15-17,19H2,1-5H3,(H,41,44)(H,42,46);/b10-8-;/t23-,24?,27+,28+,38+;/m0./s1. The van der Waals surface area contributed by atoms with Gasteiger partial charge in [-0.25, -0.2) is 18.4 Å². The number of aromatic nitrogens is 2. The predicted octanol–water partition coefficient (Wildman–Crippen LogP) is 4.87. The van der Waals surface area contributed by atoms with E-state index in [-0.39, 0.29) is 60.1 Å². The van der Waals surface area contributed by atoms with E-state index in [0.717, 1.165) is 40.9 Å². The summed E-state index contributed by atoms with van der Waals surface area (Å²) >= 11 is 1.51. The van der Waals surface area contributed by atoms with Crippen molar-refractivity contribution in [3.8, 4) is 22.2 Å². The Bertz CT molecular complexity index is 2050. The van der Waals surface area contributed by atoms with E-state index in [2.05, 4.69) is 23.9 Å². The molecule has 1 aromatic carbocycles. The molecule has 3 heterocycles. The van der Waals surface area contributed by atoms with E-state index in [0.29, 0.717) is 48.5 Å². The molecular formula is C38H47N5NaO7S2. The minimum absolute atomic E-state index is 0. The van der Waals surface area contributed by atoms with Crippen LogP contribution in [0.1, 0.15) is 82.4 Å². The molecule has 7 rings (SSSR count). The number of carbonyl (C=O) groups excluding carboxylic acids is 3. The van der Waals surface area contributed by atoms with Gasteiger partial charge in [-0.1, -0.05) is 26.0 Å². The molecule has 2 aromatic heterocycles. The fourth-order valence-corrected chi connectivity index (χ4v) is 9.85. The van der Waals surface area contributed by atoms with Crippen molar-refractivity contribution in [2.75, 3.05) is 20.7 Å². The number of hydrogen-bond acceptors (Lipinski definition) is 10. The smallest absolute Gasteiger partial charge is 0.259 e. The van der Waals surface area contributed by atoms with Crippen LogP contribution in [0.4, 0.5) is 0 Å². The molecule has 3 saturated carbocycles. The molecule has 3 amide bonds. The van der Waals surface area contributed by atoms with Crippen LogP contribution in [0, 0.1) is 24.7 Å². The van der Waals surface area contributed by atoms with Gasteiger partial charge in [0.2, 0.25) is 21.8 Å². The SMILES string of the molecule is COc1ccc2c(OC3C[C@H]4C(=O)N[C@]5(C(=O)NS(=O)(=O)C6CC6)C[C@@H]5/C=C\CCCCN(C)C(=O)[C@@H]4C3)cc(-c3nc(C(C)C)cs3)nc2c1C.[Na]. The number of pyridine rings is 1. The Kier molecular flexibility index (Phi) is 11.7. The quantitative estimate of drug-likeness (QED) is 0.241. The van der Waals surface area contributed by atoms with Gasteiger partial charge in [-0.15, -0.1) is 11.3 Å². The number of nitrogens with zero attached hydrogens (tertiary/aromatic N) is 3. The topological polar surface area (TPSA) is 157 Å². The summed E-state index contributed by atoms with van der Waals surface area (Å²) in [7, 11) is -0.445. The number of aryl methyl sites for hydroxylation is 1. The van der Waals surface area contributed by atoms with Gasteiger partial charge in [0.25, 0.3) is 5.91 Å². The van der Waals surface area contributed by atoms with Crippen LogP contribution >= 0.6 is 11.3 Å². The molecule has 3 aliphatic carbocycles. The summed E-state index contributed by atoms with van der Waals surface area (Å²) in [6.45, 7) is 6.69. The number of benzene rings is 1. The zero-order chi connectivity index (χ0) is 36.9. The van der Waals surface area contributed by atoms with Gasteiger partial charge in [0.1, 0.15) is 33.8 Å². The summed E-state index contributed by atoms with van der Waals surface area (Å²) in [6.07, 6.45) is 7.61. The number of thiazole rings is 1. The monoisotopic (exact) mass is 772 g/mol. The van der Waals surface area contributed by atoms with Crippen LogP contribution in [0.2, 0.25) is 0 Å². The summed E-state index contributed by atoms with van der Waals surface area (Å²) in [5.74, 6) is -1.63. The molecule has 1 aliphatic heterocycles. The predicted molar refractivity (Wildman–Crippen MR) is 204 cm³/mol. The number of hydrogen-bond donors (Lipinski definition) is 2. The molecule has 5 atom stereocenters. The van der Waals surface area contributed by atoms with Crippen LogP contribution in [0.5, 0.6) is 11.5 Å². The fraction of sp³-hybridized carbons (Fsp3) is 0.553. The maximum atomic E-state index is 14.3. The maximum Gasteiger partial charge on any atom is 0.259 e. The van der Waals surface area contributed by atoms with Gasteiger partial charge in [0, 0.05) is 71.5 Å².